The van der Waals surface area contributed by atoms with E-state index in [9.17, 15) is 5.11 Å². The van der Waals surface area contributed by atoms with E-state index in [0.29, 0.717) is 0 Å². The summed E-state index contributed by atoms with van der Waals surface area (Å²) in [6.45, 7) is 1.95. The van der Waals surface area contributed by atoms with Crippen LogP contribution in [0, 0.1) is 0 Å². The third-order valence-electron chi connectivity index (χ3n) is 2.53. The van der Waals surface area contributed by atoms with Crippen molar-refractivity contribution < 1.29 is 10.2 Å². The molecule has 4 nitrogen and oxygen atoms in total. The van der Waals surface area contributed by atoms with Crippen molar-refractivity contribution in [1.29, 1.82) is 0 Å². The molecule has 3 N–H and O–H groups in total. The van der Waals surface area contributed by atoms with Gasteiger partial charge in [0.05, 0.1) is 18.0 Å². The molecule has 4 heteroatoms. The van der Waals surface area contributed by atoms with Crippen molar-refractivity contribution in [3.8, 4) is 0 Å². The topological polar surface area (TPSA) is 65.4 Å². The number of rotatable bonds is 2. The van der Waals surface area contributed by atoms with Gasteiger partial charge in [0.2, 0.25) is 0 Å². The summed E-state index contributed by atoms with van der Waals surface area (Å²) in [6.07, 6.45) is 3.68. The number of aliphatic hydroxyl groups is 2. The van der Waals surface area contributed by atoms with Crippen LogP contribution in [-0.4, -0.2) is 21.4 Å². The lowest BCUT2D eigenvalue weighted by Crippen LogP contribution is -2.25. The molecule has 2 rings (SSSR count). The summed E-state index contributed by atoms with van der Waals surface area (Å²) in [6, 6.07) is 1.80. The van der Waals surface area contributed by atoms with Gasteiger partial charge in [-0.3, -0.25) is 4.98 Å². The van der Waals surface area contributed by atoms with Gasteiger partial charge in [0.25, 0.3) is 0 Å². The van der Waals surface area contributed by atoms with Gasteiger partial charge < -0.3 is 15.5 Å². The highest BCUT2D eigenvalue weighted by molar-refractivity contribution is 5.70. The number of fused-ring (bicyclic) bond motifs is 1. The van der Waals surface area contributed by atoms with Crippen LogP contribution >= 0.6 is 0 Å². The maximum atomic E-state index is 9.71. The molecule has 1 unspecified atom stereocenters. The highest BCUT2D eigenvalue weighted by atomic mass is 16.3. The molecule has 0 bridgehead atoms. The normalized spacial score (nSPS) is 19.1. The Morgan fingerprint density at radius 3 is 3.00 bits per heavy atom. The standard InChI is InChI=1S/C11H14N2O2/c1-2-8-4-9-10(13-11(8)15)3-7(6-14)5-12-9/h3-5,11,13-15H,2,6H2,1H3. The Balaban J connectivity index is 2.41. The summed E-state index contributed by atoms with van der Waals surface area (Å²) in [5, 5.41) is 21.6. The van der Waals surface area contributed by atoms with Gasteiger partial charge in [-0.15, -0.1) is 0 Å². The molecule has 0 amide bonds. The fourth-order valence-electron chi connectivity index (χ4n) is 1.63. The number of pyridine rings is 1. The SMILES string of the molecule is CCC1=Cc2ncc(CO)cc2NC1O. The van der Waals surface area contributed by atoms with Gasteiger partial charge in [-0.25, -0.2) is 0 Å². The number of nitrogens with one attached hydrogen (secondary N) is 1. The first-order valence-corrected chi connectivity index (χ1v) is 4.99. The third kappa shape index (κ3) is 1.86. The van der Waals surface area contributed by atoms with Crippen LogP contribution in [0.25, 0.3) is 6.08 Å². The summed E-state index contributed by atoms with van der Waals surface area (Å²) in [7, 11) is 0. The zero-order valence-corrected chi connectivity index (χ0v) is 8.57. The molecule has 0 aliphatic carbocycles. The van der Waals surface area contributed by atoms with E-state index in [2.05, 4.69) is 10.3 Å². The average molecular weight is 206 g/mol. The van der Waals surface area contributed by atoms with Gasteiger partial charge in [-0.1, -0.05) is 6.92 Å². The maximum absolute atomic E-state index is 9.71. The van der Waals surface area contributed by atoms with Crippen LogP contribution in [0.15, 0.2) is 17.8 Å². The molecule has 80 valence electrons. The Morgan fingerprint density at radius 2 is 2.33 bits per heavy atom. The van der Waals surface area contributed by atoms with Gasteiger partial charge in [-0.2, -0.15) is 0 Å². The van der Waals surface area contributed by atoms with E-state index in [0.717, 1.165) is 28.9 Å². The third-order valence-corrected chi connectivity index (χ3v) is 2.53. The molecule has 1 atom stereocenters. The second kappa shape index (κ2) is 4.00. The molecule has 1 aromatic rings. The lowest BCUT2D eigenvalue weighted by atomic mass is 10.0. The molecule has 0 fully saturated rings. The summed E-state index contributed by atoms with van der Waals surface area (Å²) in [5.41, 5.74) is 3.24. The van der Waals surface area contributed by atoms with Gasteiger partial charge in [0.1, 0.15) is 6.23 Å². The molecule has 1 aromatic heterocycles. The van der Waals surface area contributed by atoms with E-state index in [1.165, 1.54) is 0 Å². The van der Waals surface area contributed by atoms with Crippen LogP contribution in [0.1, 0.15) is 24.6 Å². The van der Waals surface area contributed by atoms with Crippen LogP contribution in [0.4, 0.5) is 5.69 Å². The molecule has 0 aromatic carbocycles. The monoisotopic (exact) mass is 206 g/mol. The lowest BCUT2D eigenvalue weighted by molar-refractivity contribution is 0.236. The van der Waals surface area contributed by atoms with Gasteiger partial charge in [0.15, 0.2) is 0 Å². The molecular weight excluding hydrogens is 192 g/mol. The van der Waals surface area contributed by atoms with Gasteiger partial charge >= 0.3 is 0 Å². The first kappa shape index (κ1) is 10.1. The molecule has 0 spiro atoms. The van der Waals surface area contributed by atoms with Crippen molar-refractivity contribution in [2.75, 3.05) is 5.32 Å². The van der Waals surface area contributed by atoms with Crippen molar-refractivity contribution in [2.24, 2.45) is 0 Å². The molecule has 0 saturated carbocycles. The fraction of sp³-hybridized carbons (Fsp3) is 0.364. The van der Waals surface area contributed by atoms with Gasteiger partial charge in [0, 0.05) is 6.20 Å². The molecule has 15 heavy (non-hydrogen) atoms. The second-order valence-corrected chi connectivity index (χ2v) is 3.55. The lowest BCUT2D eigenvalue weighted by Gasteiger charge is -2.23. The number of nitrogens with zero attached hydrogens (tertiary/aromatic N) is 1. The largest absolute Gasteiger partial charge is 0.392 e. The summed E-state index contributed by atoms with van der Waals surface area (Å²) < 4.78 is 0. The van der Waals surface area contributed by atoms with E-state index in [1.54, 1.807) is 12.3 Å². The summed E-state index contributed by atoms with van der Waals surface area (Å²) >= 11 is 0. The second-order valence-electron chi connectivity index (χ2n) is 3.55. The predicted octanol–water partition coefficient (Wildman–Crippen LogP) is 1.11. The van der Waals surface area contributed by atoms with E-state index >= 15 is 0 Å². The predicted molar refractivity (Wildman–Crippen MR) is 58.1 cm³/mol. The zero-order valence-electron chi connectivity index (χ0n) is 8.57. The van der Waals surface area contributed by atoms with Crippen molar-refractivity contribution >= 4 is 11.8 Å². The zero-order chi connectivity index (χ0) is 10.8. The molecule has 1 aliphatic rings. The van der Waals surface area contributed by atoms with Crippen LogP contribution in [0.5, 0.6) is 0 Å². The Morgan fingerprint density at radius 1 is 1.53 bits per heavy atom. The van der Waals surface area contributed by atoms with E-state index in [-0.39, 0.29) is 6.61 Å². The minimum absolute atomic E-state index is 0.0393. The molecule has 1 aliphatic heterocycles. The van der Waals surface area contributed by atoms with E-state index in [4.69, 9.17) is 5.11 Å². The molecule has 0 saturated heterocycles. The quantitative estimate of drug-likeness (QED) is 0.678. The summed E-state index contributed by atoms with van der Waals surface area (Å²) in [4.78, 5) is 4.21. The summed E-state index contributed by atoms with van der Waals surface area (Å²) in [5.74, 6) is 0. The van der Waals surface area contributed by atoms with E-state index in [1.807, 2.05) is 13.0 Å². The van der Waals surface area contributed by atoms with Crippen molar-refractivity contribution in [3.63, 3.8) is 0 Å². The van der Waals surface area contributed by atoms with Crippen LogP contribution in [-0.2, 0) is 6.61 Å². The Hall–Kier alpha value is -1.39. The smallest absolute Gasteiger partial charge is 0.147 e. The number of hydrogen-bond donors (Lipinski definition) is 3. The van der Waals surface area contributed by atoms with Gasteiger partial charge in [-0.05, 0) is 29.7 Å². The van der Waals surface area contributed by atoms with Crippen molar-refractivity contribution in [2.45, 2.75) is 26.2 Å². The van der Waals surface area contributed by atoms with Crippen molar-refractivity contribution in [3.05, 3.63) is 29.1 Å². The highest BCUT2D eigenvalue weighted by Crippen LogP contribution is 2.26. The molecule has 2 heterocycles. The molecule has 0 radical (unpaired) electrons. The number of aromatic nitrogens is 1. The maximum Gasteiger partial charge on any atom is 0.147 e. The highest BCUT2D eigenvalue weighted by Gasteiger charge is 2.17. The Labute approximate surface area is 88.3 Å². The minimum atomic E-state index is -0.641. The Kier molecular flexibility index (Phi) is 2.70. The minimum Gasteiger partial charge on any atom is -0.392 e. The Bertz CT molecular complexity index is 402. The van der Waals surface area contributed by atoms with E-state index < -0.39 is 6.23 Å². The first-order chi connectivity index (χ1) is 7.24. The van der Waals surface area contributed by atoms with Crippen LogP contribution in [0.2, 0.25) is 0 Å². The number of hydrogen-bond acceptors (Lipinski definition) is 4. The van der Waals surface area contributed by atoms with Crippen LogP contribution < -0.4 is 5.32 Å². The fourth-order valence-corrected chi connectivity index (χ4v) is 1.63. The first-order valence-electron chi connectivity index (χ1n) is 4.99. The number of aliphatic hydroxyl groups excluding tert-OH is 2. The van der Waals surface area contributed by atoms with Crippen LogP contribution in [0.3, 0.4) is 0 Å². The van der Waals surface area contributed by atoms with Crippen molar-refractivity contribution in [1.82, 2.24) is 4.98 Å². The molecular formula is C11H14N2O2. The number of anilines is 1. The average Bonchev–Trinajstić information content (AvgIpc) is 2.27.